The molecular formula is C6H2Cl2N2S. The minimum Gasteiger partial charge on any atom is -0.243 e. The number of aliphatic imine (C=N–C) groups is 1. The number of thiocarbonyl (C=S) groups is 1. The molecule has 2 nitrogen and oxygen atoms in total. The lowest BCUT2D eigenvalue weighted by Crippen LogP contribution is -1.74. The van der Waals surface area contributed by atoms with E-state index in [1.54, 1.807) is 0 Å². The van der Waals surface area contributed by atoms with E-state index in [9.17, 15) is 0 Å². The zero-order chi connectivity index (χ0) is 8.27. The summed E-state index contributed by atoms with van der Waals surface area (Å²) in [6.45, 7) is 0. The molecular weight excluding hydrogens is 203 g/mol. The molecule has 0 bridgehead atoms. The van der Waals surface area contributed by atoms with Crippen LogP contribution in [0.3, 0.4) is 0 Å². The molecule has 11 heavy (non-hydrogen) atoms. The molecule has 0 unspecified atom stereocenters. The van der Waals surface area contributed by atoms with Crippen LogP contribution < -0.4 is 0 Å². The van der Waals surface area contributed by atoms with Crippen molar-refractivity contribution in [2.24, 2.45) is 4.99 Å². The third kappa shape index (κ3) is 2.24. The van der Waals surface area contributed by atoms with Crippen molar-refractivity contribution in [3.05, 3.63) is 22.4 Å². The fraction of sp³-hybridized carbons (Fsp3) is 0. The molecule has 0 aliphatic rings. The first-order valence-electron chi connectivity index (χ1n) is 2.63. The van der Waals surface area contributed by atoms with E-state index in [1.165, 1.54) is 12.3 Å². The van der Waals surface area contributed by atoms with E-state index in [2.05, 4.69) is 27.4 Å². The fourth-order valence-electron chi connectivity index (χ4n) is 0.538. The maximum Gasteiger partial charge on any atom is 0.131 e. The fourth-order valence-corrected chi connectivity index (χ4v) is 0.934. The van der Waals surface area contributed by atoms with Crippen LogP contribution in [0, 0.1) is 0 Å². The van der Waals surface area contributed by atoms with Gasteiger partial charge in [0.05, 0.1) is 15.9 Å². The van der Waals surface area contributed by atoms with Gasteiger partial charge in [-0.25, -0.2) is 4.98 Å². The van der Waals surface area contributed by atoms with Crippen LogP contribution >= 0.6 is 35.4 Å². The summed E-state index contributed by atoms with van der Waals surface area (Å²) < 4.78 is 0. The summed E-state index contributed by atoms with van der Waals surface area (Å²) in [5, 5.41) is 2.93. The average Bonchev–Trinajstić information content (AvgIpc) is 1.98. The Hall–Kier alpha value is -0.470. The number of nitrogens with zero attached hydrogens (tertiary/aromatic N) is 2. The minimum absolute atomic E-state index is 0.332. The zero-order valence-electron chi connectivity index (χ0n) is 5.21. The van der Waals surface area contributed by atoms with Gasteiger partial charge in [0.2, 0.25) is 0 Å². The second-order valence-corrected chi connectivity index (χ2v) is 2.64. The first-order chi connectivity index (χ1) is 5.24. The molecule has 0 amide bonds. The molecule has 0 aliphatic carbocycles. The van der Waals surface area contributed by atoms with Crippen molar-refractivity contribution in [2.75, 3.05) is 0 Å². The van der Waals surface area contributed by atoms with E-state index in [0.717, 1.165) is 0 Å². The topological polar surface area (TPSA) is 25.2 Å². The average molecular weight is 205 g/mol. The molecule has 0 radical (unpaired) electrons. The van der Waals surface area contributed by atoms with Crippen LogP contribution in [-0.4, -0.2) is 10.1 Å². The lowest BCUT2D eigenvalue weighted by molar-refractivity contribution is 1.32. The lowest BCUT2D eigenvalue weighted by Gasteiger charge is -1.93. The Bertz CT molecular complexity index is 320. The van der Waals surface area contributed by atoms with E-state index in [4.69, 9.17) is 23.2 Å². The van der Waals surface area contributed by atoms with Crippen molar-refractivity contribution in [1.29, 1.82) is 0 Å². The van der Waals surface area contributed by atoms with E-state index in [1.807, 2.05) is 0 Å². The number of halogens is 2. The molecule has 0 N–H and O–H groups in total. The van der Waals surface area contributed by atoms with Crippen molar-refractivity contribution in [3.63, 3.8) is 0 Å². The Morgan fingerprint density at radius 1 is 1.55 bits per heavy atom. The molecule has 1 rings (SSSR count). The van der Waals surface area contributed by atoms with Crippen molar-refractivity contribution >= 4 is 46.3 Å². The molecule has 0 atom stereocenters. The van der Waals surface area contributed by atoms with Gasteiger partial charge in [-0.1, -0.05) is 23.2 Å². The van der Waals surface area contributed by atoms with Gasteiger partial charge in [-0.05, 0) is 12.2 Å². The Labute approximate surface area is 78.9 Å². The monoisotopic (exact) mass is 204 g/mol. The molecule has 1 aromatic heterocycles. The highest BCUT2D eigenvalue weighted by atomic mass is 35.5. The maximum atomic E-state index is 5.67. The van der Waals surface area contributed by atoms with Gasteiger partial charge in [-0.2, -0.15) is 4.99 Å². The van der Waals surface area contributed by atoms with Gasteiger partial charge < -0.3 is 0 Å². The molecule has 1 aromatic rings. The van der Waals surface area contributed by atoms with Crippen molar-refractivity contribution in [1.82, 2.24) is 4.98 Å². The highest BCUT2D eigenvalue weighted by molar-refractivity contribution is 7.78. The Morgan fingerprint density at radius 3 is 2.91 bits per heavy atom. The minimum atomic E-state index is 0.332. The van der Waals surface area contributed by atoms with Crippen LogP contribution in [0.1, 0.15) is 0 Å². The Morgan fingerprint density at radius 2 is 2.27 bits per heavy atom. The first kappa shape index (κ1) is 8.62. The molecule has 0 spiro atoms. The van der Waals surface area contributed by atoms with Gasteiger partial charge in [-0.15, -0.1) is 0 Å². The smallest absolute Gasteiger partial charge is 0.131 e. The Kier molecular flexibility index (Phi) is 2.97. The van der Waals surface area contributed by atoms with Crippen LogP contribution in [0.2, 0.25) is 10.2 Å². The number of aromatic nitrogens is 1. The van der Waals surface area contributed by atoms with Crippen molar-refractivity contribution in [2.45, 2.75) is 0 Å². The summed E-state index contributed by atoms with van der Waals surface area (Å²) in [7, 11) is 0. The van der Waals surface area contributed by atoms with Gasteiger partial charge in [0.15, 0.2) is 0 Å². The van der Waals surface area contributed by atoms with Gasteiger partial charge in [0.1, 0.15) is 5.15 Å². The quantitative estimate of drug-likeness (QED) is 0.399. The van der Waals surface area contributed by atoms with E-state index < -0.39 is 0 Å². The molecule has 0 aromatic carbocycles. The predicted molar refractivity (Wildman–Crippen MR) is 48.9 cm³/mol. The first-order valence-corrected chi connectivity index (χ1v) is 3.79. The molecule has 56 valence electrons. The molecule has 0 fully saturated rings. The highest BCUT2D eigenvalue weighted by Crippen LogP contribution is 2.25. The number of rotatable bonds is 1. The van der Waals surface area contributed by atoms with E-state index in [-0.39, 0.29) is 0 Å². The predicted octanol–water partition coefficient (Wildman–Crippen LogP) is 3.12. The molecule has 0 saturated carbocycles. The van der Waals surface area contributed by atoms with Gasteiger partial charge in [0, 0.05) is 12.3 Å². The van der Waals surface area contributed by atoms with Crippen LogP contribution in [-0.2, 0) is 0 Å². The van der Waals surface area contributed by atoms with Gasteiger partial charge in [0.25, 0.3) is 0 Å². The van der Waals surface area contributed by atoms with Crippen molar-refractivity contribution < 1.29 is 0 Å². The SMILES string of the molecule is S=C=Nc1cc(Cl)ncc1Cl. The number of hydrogen-bond donors (Lipinski definition) is 0. The normalized spacial score (nSPS) is 8.91. The summed E-state index contributed by atoms with van der Waals surface area (Å²) in [5.41, 5.74) is 0.488. The van der Waals surface area contributed by atoms with Crippen LogP contribution in [0.4, 0.5) is 5.69 Å². The zero-order valence-corrected chi connectivity index (χ0v) is 7.54. The van der Waals surface area contributed by atoms with Crippen LogP contribution in [0.15, 0.2) is 17.3 Å². The lowest BCUT2D eigenvalue weighted by atomic mass is 10.4. The second kappa shape index (κ2) is 3.79. The van der Waals surface area contributed by atoms with Gasteiger partial charge in [-0.3, -0.25) is 0 Å². The van der Waals surface area contributed by atoms with E-state index in [0.29, 0.717) is 15.9 Å². The number of isothiocyanates is 1. The molecule has 0 saturated heterocycles. The summed E-state index contributed by atoms with van der Waals surface area (Å²) in [5.74, 6) is 0. The number of hydrogen-bond acceptors (Lipinski definition) is 3. The van der Waals surface area contributed by atoms with Gasteiger partial charge >= 0.3 is 0 Å². The second-order valence-electron chi connectivity index (χ2n) is 1.66. The van der Waals surface area contributed by atoms with Crippen LogP contribution in [0.25, 0.3) is 0 Å². The van der Waals surface area contributed by atoms with Crippen molar-refractivity contribution in [3.8, 4) is 0 Å². The molecule has 0 aliphatic heterocycles. The third-order valence-corrected chi connectivity index (χ3v) is 1.56. The largest absolute Gasteiger partial charge is 0.243 e. The Balaban J connectivity index is 3.22. The summed E-state index contributed by atoms with van der Waals surface area (Å²) in [6, 6.07) is 1.52. The van der Waals surface area contributed by atoms with E-state index >= 15 is 0 Å². The highest BCUT2D eigenvalue weighted by Gasteiger charge is 1.98. The molecule has 5 heteroatoms. The third-order valence-electron chi connectivity index (χ3n) is 0.968. The van der Waals surface area contributed by atoms with Crippen LogP contribution in [0.5, 0.6) is 0 Å². The summed E-state index contributed by atoms with van der Waals surface area (Å²) in [6.07, 6.45) is 1.41. The summed E-state index contributed by atoms with van der Waals surface area (Å²) in [4.78, 5) is 7.41. The number of pyridine rings is 1. The summed E-state index contributed by atoms with van der Waals surface area (Å²) >= 11 is 15.6. The molecule has 1 heterocycles. The standard InChI is InChI=1S/C6H2Cl2N2S/c7-4-2-9-6(8)1-5(4)10-3-11/h1-2H. The maximum absolute atomic E-state index is 5.67.